The van der Waals surface area contributed by atoms with Gasteiger partial charge in [0.25, 0.3) is 11.8 Å². The van der Waals surface area contributed by atoms with E-state index in [2.05, 4.69) is 45.9 Å². The lowest BCUT2D eigenvalue weighted by atomic mass is 10.1. The number of nitrogens with one attached hydrogen (secondary N) is 3. The van der Waals surface area contributed by atoms with Crippen LogP contribution in [0.4, 0.5) is 28.1 Å². The van der Waals surface area contributed by atoms with Crippen LogP contribution in [0, 0.1) is 13.8 Å². The Bertz CT molecular complexity index is 3240. The van der Waals surface area contributed by atoms with Gasteiger partial charge in [-0.2, -0.15) is 10.2 Å². The molecule has 2 atom stereocenters. The highest BCUT2D eigenvalue weighted by Crippen LogP contribution is 2.35. The minimum Gasteiger partial charge on any atom is -0.444 e. The van der Waals surface area contributed by atoms with Gasteiger partial charge in [0.2, 0.25) is 0 Å². The molecule has 2 saturated heterocycles. The number of nitrogens with zero attached hydrogens (tertiary/aromatic N) is 11. The van der Waals surface area contributed by atoms with Crippen LogP contribution in [0.5, 0.6) is 0 Å². The number of pyridine rings is 2. The van der Waals surface area contributed by atoms with Crippen molar-refractivity contribution in [1.29, 1.82) is 0 Å². The van der Waals surface area contributed by atoms with Gasteiger partial charge in [-0.25, -0.2) is 44.1 Å². The molecule has 0 bridgehead atoms. The van der Waals surface area contributed by atoms with Crippen molar-refractivity contribution in [2.24, 2.45) is 0 Å². The minimum absolute atomic E-state index is 0. The summed E-state index contributed by atoms with van der Waals surface area (Å²) >= 11 is 0. The smallest absolute Gasteiger partial charge is 0.410 e. The van der Waals surface area contributed by atoms with Crippen LogP contribution in [0.25, 0.3) is 44.6 Å². The number of aromatic nitrogens is 10. The van der Waals surface area contributed by atoms with Gasteiger partial charge in [0.1, 0.15) is 52.9 Å². The molecule has 2 fully saturated rings. The molecular weight excluding hydrogens is 936 g/mol. The summed E-state index contributed by atoms with van der Waals surface area (Å²) in [6, 6.07) is 21.9. The zero-order chi connectivity index (χ0) is 49.8. The Morgan fingerprint density at radius 1 is 0.667 bits per heavy atom. The number of anilines is 4. The number of hydrogen-bond acceptors (Lipinski definition) is 15. The highest BCUT2D eigenvalue weighted by atomic mass is 35.5. The van der Waals surface area contributed by atoms with Gasteiger partial charge in [-0.15, -0.1) is 12.4 Å². The first kappa shape index (κ1) is 50.3. The van der Waals surface area contributed by atoms with Gasteiger partial charge < -0.3 is 37.1 Å². The van der Waals surface area contributed by atoms with Gasteiger partial charge >= 0.3 is 6.09 Å². The van der Waals surface area contributed by atoms with E-state index in [1.165, 1.54) is 12.7 Å². The molecule has 2 aliphatic rings. The lowest BCUT2D eigenvalue weighted by Gasteiger charge is -2.34. The number of ether oxygens (including phenoxy) is 1. The number of rotatable bonds is 8. The van der Waals surface area contributed by atoms with Gasteiger partial charge in [-0.1, -0.05) is 24.3 Å². The lowest BCUT2D eigenvalue weighted by Crippen LogP contribution is -2.43. The number of nitrogen functional groups attached to an aromatic ring is 2. The normalized spacial score (nSPS) is 15.8. The molecule has 6 aromatic heterocycles. The Kier molecular flexibility index (Phi) is 15.0. The zero-order valence-electron chi connectivity index (χ0n) is 40.7. The molecule has 8 heterocycles. The van der Waals surface area contributed by atoms with Gasteiger partial charge in [0.05, 0.1) is 22.9 Å². The molecule has 0 unspecified atom stereocenters. The average molecular weight is 994 g/mol. The molecule has 10 rings (SSSR count). The van der Waals surface area contributed by atoms with Crippen molar-refractivity contribution < 1.29 is 19.1 Å². The quantitative estimate of drug-likeness (QED) is 0.0966. The maximum Gasteiger partial charge on any atom is 0.410 e. The van der Waals surface area contributed by atoms with Crippen molar-refractivity contribution in [3.63, 3.8) is 0 Å². The molecule has 2 aromatic carbocycles. The van der Waals surface area contributed by atoms with E-state index in [1.807, 2.05) is 92.5 Å². The summed E-state index contributed by atoms with van der Waals surface area (Å²) in [4.78, 5) is 65.6. The third-order valence-corrected chi connectivity index (χ3v) is 12.2. The van der Waals surface area contributed by atoms with Crippen LogP contribution in [0.1, 0.15) is 90.4 Å². The Morgan fingerprint density at radius 2 is 1.15 bits per heavy atom. The fourth-order valence-corrected chi connectivity index (χ4v) is 8.74. The number of aryl methyl sites for hydroxylation is 2. The first-order chi connectivity index (χ1) is 34.2. The van der Waals surface area contributed by atoms with Gasteiger partial charge in [0.15, 0.2) is 11.3 Å². The summed E-state index contributed by atoms with van der Waals surface area (Å²) < 4.78 is 9.39. The number of carbonyl (C=O) groups excluding carboxylic acids is 3. The van der Waals surface area contributed by atoms with Gasteiger partial charge in [0, 0.05) is 54.3 Å². The number of fused-ring (bicyclic) bond motifs is 2. The molecular formula is C51H57ClN16O4. The molecule has 20 nitrogen and oxygen atoms in total. The van der Waals surface area contributed by atoms with Crippen LogP contribution in [-0.2, 0) is 4.74 Å². The van der Waals surface area contributed by atoms with Crippen molar-refractivity contribution in [3.05, 3.63) is 120 Å². The molecule has 0 aliphatic carbocycles. The van der Waals surface area contributed by atoms with Gasteiger partial charge in [-0.05, 0) is 127 Å². The van der Waals surface area contributed by atoms with E-state index in [4.69, 9.17) is 26.4 Å². The van der Waals surface area contributed by atoms with E-state index in [9.17, 15) is 14.4 Å². The maximum absolute atomic E-state index is 12.8. The number of carbonyl (C=O) groups is 3. The molecule has 0 saturated carbocycles. The van der Waals surface area contributed by atoms with Crippen LogP contribution in [0.2, 0.25) is 0 Å². The summed E-state index contributed by atoms with van der Waals surface area (Å²) in [5, 5.41) is 20.2. The van der Waals surface area contributed by atoms with E-state index in [0.29, 0.717) is 64.2 Å². The second kappa shape index (κ2) is 21.5. The second-order valence-electron chi connectivity index (χ2n) is 18.7. The Balaban J connectivity index is 0.000000193. The van der Waals surface area contributed by atoms with E-state index in [-0.39, 0.29) is 42.4 Å². The molecule has 2 aliphatic heterocycles. The molecule has 8 aromatic rings. The highest BCUT2D eigenvalue weighted by molar-refractivity contribution is 6.06. The first-order valence-corrected chi connectivity index (χ1v) is 23.5. The minimum atomic E-state index is -0.573. The SMILES string of the molecule is Cc1ccnc(NC(=O)c2ccc(-c3nn([C@@H]4CCCN(C(=O)OC(C)(C)C)C4)c4ncnc(N)c34)cc2)c1.Cc1ccnc(NC(=O)c2ccc(-c3nn([C@@H]4CCCNC4)c4ncnc(N)c34)cc2)c1.Cl. The number of halogens is 1. The van der Waals surface area contributed by atoms with E-state index in [1.54, 1.807) is 41.6 Å². The molecule has 21 heteroatoms. The van der Waals surface area contributed by atoms with E-state index < -0.39 is 5.60 Å². The van der Waals surface area contributed by atoms with Crippen molar-refractivity contribution in [2.45, 2.75) is 78.0 Å². The number of likely N-dealkylation sites (tertiary alicyclic amines) is 1. The first-order valence-electron chi connectivity index (χ1n) is 23.5. The summed E-state index contributed by atoms with van der Waals surface area (Å²) in [7, 11) is 0. The van der Waals surface area contributed by atoms with Crippen molar-refractivity contribution in [3.8, 4) is 22.5 Å². The lowest BCUT2D eigenvalue weighted by molar-refractivity contribution is 0.0169. The Labute approximate surface area is 421 Å². The Hall–Kier alpha value is -8.10. The predicted octanol–water partition coefficient (Wildman–Crippen LogP) is 7.98. The van der Waals surface area contributed by atoms with Crippen molar-refractivity contribution in [2.75, 3.05) is 48.3 Å². The fraction of sp³-hybridized carbons (Fsp3) is 0.314. The number of hydrogen-bond donors (Lipinski definition) is 5. The molecule has 372 valence electrons. The molecule has 0 spiro atoms. The molecule has 0 radical (unpaired) electrons. The fourth-order valence-electron chi connectivity index (χ4n) is 8.74. The van der Waals surface area contributed by atoms with Crippen LogP contribution in [-0.4, -0.2) is 104 Å². The number of amides is 3. The van der Waals surface area contributed by atoms with Crippen molar-refractivity contribution >= 4 is 75.7 Å². The van der Waals surface area contributed by atoms with Crippen LogP contribution >= 0.6 is 12.4 Å². The van der Waals surface area contributed by atoms with E-state index in [0.717, 1.165) is 77.8 Å². The van der Waals surface area contributed by atoms with Gasteiger partial charge in [-0.3, -0.25) is 9.59 Å². The maximum atomic E-state index is 12.8. The molecule has 3 amide bonds. The number of nitrogens with two attached hydrogens (primary N) is 2. The topological polar surface area (TPSA) is 265 Å². The standard InChI is InChI=1S/C28H32N8O3.C23H24N8O.ClH/c1-17-11-12-30-21(14-17)33-26(37)19-9-7-18(8-10-19)23-22-24(29)31-16-32-25(22)36(34-23)20-6-5-13-35(15-20)27(38)39-28(2,3)4;1-14-8-10-26-18(11-14)29-23(32)16-6-4-15(5-7-16)20-19-21(24)27-13-28-22(19)31(30-20)17-3-2-9-25-12-17;/h7-12,14,16,20H,5-6,13,15H2,1-4H3,(H2,29,31,32)(H,30,33,37);4-8,10-11,13,17,25H,2-3,9,12H2,1H3,(H2,24,27,28)(H,26,29,32);1H/t20-;17-;/m11./s1. The summed E-state index contributed by atoms with van der Waals surface area (Å²) in [6.07, 6.45) is 9.62. The third kappa shape index (κ3) is 11.2. The van der Waals surface area contributed by atoms with Crippen molar-refractivity contribution in [1.82, 2.24) is 59.7 Å². The average Bonchev–Trinajstić information content (AvgIpc) is 3.96. The van der Waals surface area contributed by atoms with Crippen LogP contribution in [0.3, 0.4) is 0 Å². The molecule has 72 heavy (non-hydrogen) atoms. The predicted molar refractivity (Wildman–Crippen MR) is 279 cm³/mol. The summed E-state index contributed by atoms with van der Waals surface area (Å²) in [5.41, 5.74) is 19.3. The zero-order valence-corrected chi connectivity index (χ0v) is 41.5. The largest absolute Gasteiger partial charge is 0.444 e. The van der Waals surface area contributed by atoms with Crippen LogP contribution < -0.4 is 27.4 Å². The monoisotopic (exact) mass is 992 g/mol. The van der Waals surface area contributed by atoms with E-state index >= 15 is 0 Å². The summed E-state index contributed by atoms with van der Waals surface area (Å²) in [5.74, 6) is 1.24. The highest BCUT2D eigenvalue weighted by Gasteiger charge is 2.31. The number of benzene rings is 2. The third-order valence-electron chi connectivity index (χ3n) is 12.2. The Morgan fingerprint density at radius 3 is 1.61 bits per heavy atom. The summed E-state index contributed by atoms with van der Waals surface area (Å²) in [6.45, 7) is 12.4. The molecule has 7 N–H and O–H groups in total. The number of piperidine rings is 2. The van der Waals surface area contributed by atoms with Crippen LogP contribution in [0.15, 0.2) is 97.8 Å². The second-order valence-corrected chi connectivity index (χ2v) is 18.7.